The number of sulfonamides is 1. The van der Waals surface area contributed by atoms with E-state index in [1.165, 1.54) is 16.4 Å². The molecule has 150 valence electrons. The summed E-state index contributed by atoms with van der Waals surface area (Å²) < 4.78 is 27.3. The highest BCUT2D eigenvalue weighted by Gasteiger charge is 2.32. The number of piperidine rings is 1. The van der Waals surface area contributed by atoms with Gasteiger partial charge in [-0.3, -0.25) is 10.1 Å². The number of hydrogen-bond donors (Lipinski definition) is 0. The van der Waals surface area contributed by atoms with Crippen LogP contribution in [0.3, 0.4) is 0 Å². The molecule has 0 radical (unpaired) electrons. The first kappa shape index (κ1) is 20.0. The Bertz CT molecular complexity index is 796. The van der Waals surface area contributed by atoms with Crippen LogP contribution >= 0.6 is 0 Å². The topological polar surface area (TPSA) is 87.0 Å². The van der Waals surface area contributed by atoms with Crippen molar-refractivity contribution in [3.63, 3.8) is 0 Å². The van der Waals surface area contributed by atoms with E-state index in [0.29, 0.717) is 43.7 Å². The lowest BCUT2D eigenvalue weighted by Crippen LogP contribution is -2.47. The Hall–Kier alpha value is -1.71. The standard InChI is InChI=1S/C18H28N4O4S/c1-14-10-15(2)13-20(12-14)17-5-4-16(11-18(17)22(23)24)27(25,26)21-8-6-19(3)7-9-21/h4-5,11,14-15H,6-10,12-13H2,1-3H3/t14-,15-/m1/s1. The fourth-order valence-corrected chi connectivity index (χ4v) is 5.56. The average Bonchev–Trinajstić information content (AvgIpc) is 2.60. The highest BCUT2D eigenvalue weighted by molar-refractivity contribution is 7.89. The highest BCUT2D eigenvalue weighted by Crippen LogP contribution is 2.35. The molecule has 0 aliphatic carbocycles. The van der Waals surface area contributed by atoms with Crippen LogP contribution in [0.2, 0.25) is 0 Å². The molecule has 0 amide bonds. The second-order valence-electron chi connectivity index (χ2n) is 7.97. The molecule has 3 rings (SSSR count). The van der Waals surface area contributed by atoms with E-state index in [4.69, 9.17) is 0 Å². The maximum atomic E-state index is 12.9. The highest BCUT2D eigenvalue weighted by atomic mass is 32.2. The summed E-state index contributed by atoms with van der Waals surface area (Å²) >= 11 is 0. The van der Waals surface area contributed by atoms with Crippen molar-refractivity contribution in [3.05, 3.63) is 28.3 Å². The normalized spacial score (nSPS) is 25.5. The second kappa shape index (κ2) is 7.73. The molecule has 1 aromatic rings. The van der Waals surface area contributed by atoms with Crippen molar-refractivity contribution >= 4 is 21.4 Å². The molecule has 2 fully saturated rings. The maximum absolute atomic E-state index is 12.9. The van der Waals surface area contributed by atoms with Crippen LogP contribution in [0, 0.1) is 22.0 Å². The Kier molecular flexibility index (Phi) is 5.73. The molecule has 9 heteroatoms. The molecule has 8 nitrogen and oxygen atoms in total. The third-order valence-corrected chi connectivity index (χ3v) is 7.35. The zero-order valence-corrected chi connectivity index (χ0v) is 17.0. The van der Waals surface area contributed by atoms with Gasteiger partial charge in [-0.15, -0.1) is 0 Å². The molecular formula is C18H28N4O4S. The molecule has 2 saturated heterocycles. The monoisotopic (exact) mass is 396 g/mol. The number of piperazine rings is 1. The largest absolute Gasteiger partial charge is 0.365 e. The van der Waals surface area contributed by atoms with Crippen LogP contribution in [-0.4, -0.2) is 68.9 Å². The average molecular weight is 397 g/mol. The molecule has 0 N–H and O–H groups in total. The van der Waals surface area contributed by atoms with Crippen LogP contribution in [0.1, 0.15) is 20.3 Å². The van der Waals surface area contributed by atoms with E-state index in [0.717, 1.165) is 19.5 Å². The van der Waals surface area contributed by atoms with E-state index in [1.54, 1.807) is 6.07 Å². The maximum Gasteiger partial charge on any atom is 0.293 e. The van der Waals surface area contributed by atoms with Crippen LogP contribution in [0.5, 0.6) is 0 Å². The molecule has 2 aliphatic heterocycles. The Balaban J connectivity index is 1.93. The number of rotatable bonds is 4. The van der Waals surface area contributed by atoms with Gasteiger partial charge in [-0.25, -0.2) is 8.42 Å². The van der Waals surface area contributed by atoms with Crippen molar-refractivity contribution in [2.24, 2.45) is 11.8 Å². The molecule has 0 unspecified atom stereocenters. The molecule has 0 saturated carbocycles. The minimum atomic E-state index is -3.73. The van der Waals surface area contributed by atoms with Crippen LogP contribution in [-0.2, 0) is 10.0 Å². The molecule has 2 atom stereocenters. The minimum Gasteiger partial charge on any atom is -0.365 e. The van der Waals surface area contributed by atoms with Crippen molar-refractivity contribution in [1.82, 2.24) is 9.21 Å². The van der Waals surface area contributed by atoms with E-state index in [9.17, 15) is 18.5 Å². The number of anilines is 1. The Morgan fingerprint density at radius 3 is 2.22 bits per heavy atom. The van der Waals surface area contributed by atoms with Gasteiger partial charge >= 0.3 is 0 Å². The first-order chi connectivity index (χ1) is 12.7. The van der Waals surface area contributed by atoms with Crippen molar-refractivity contribution in [2.75, 3.05) is 51.2 Å². The lowest BCUT2D eigenvalue weighted by molar-refractivity contribution is -0.384. The second-order valence-corrected chi connectivity index (χ2v) is 9.90. The van der Waals surface area contributed by atoms with Gasteiger partial charge < -0.3 is 9.80 Å². The summed E-state index contributed by atoms with van der Waals surface area (Å²) in [6, 6.07) is 4.35. The Morgan fingerprint density at radius 1 is 1.07 bits per heavy atom. The third-order valence-electron chi connectivity index (χ3n) is 5.45. The number of likely N-dealkylation sites (N-methyl/N-ethyl adjacent to an activating group) is 1. The molecular weight excluding hydrogens is 368 g/mol. The molecule has 1 aromatic carbocycles. The number of hydrogen-bond acceptors (Lipinski definition) is 6. The van der Waals surface area contributed by atoms with E-state index < -0.39 is 14.9 Å². The molecule has 2 heterocycles. The number of benzene rings is 1. The SMILES string of the molecule is C[C@@H]1C[C@@H](C)CN(c2ccc(S(=O)(=O)N3CCN(C)CC3)cc2[N+](=O)[O-])C1. The lowest BCUT2D eigenvalue weighted by atomic mass is 9.91. The molecule has 0 spiro atoms. The van der Waals surface area contributed by atoms with Gasteiger partial charge in [0, 0.05) is 45.3 Å². The van der Waals surface area contributed by atoms with E-state index in [1.807, 2.05) is 11.9 Å². The quantitative estimate of drug-likeness (QED) is 0.572. The van der Waals surface area contributed by atoms with Crippen LogP contribution in [0.4, 0.5) is 11.4 Å². The zero-order valence-electron chi connectivity index (χ0n) is 16.2. The van der Waals surface area contributed by atoms with Crippen LogP contribution in [0.15, 0.2) is 23.1 Å². The van der Waals surface area contributed by atoms with Gasteiger partial charge in [-0.1, -0.05) is 13.8 Å². The van der Waals surface area contributed by atoms with E-state index in [2.05, 4.69) is 18.7 Å². The van der Waals surface area contributed by atoms with Gasteiger partial charge in [0.1, 0.15) is 5.69 Å². The predicted molar refractivity (Wildman–Crippen MR) is 105 cm³/mol. The van der Waals surface area contributed by atoms with Gasteiger partial charge in [0.2, 0.25) is 10.0 Å². The Labute approximate surface area is 160 Å². The predicted octanol–water partition coefficient (Wildman–Crippen LogP) is 2.01. The summed E-state index contributed by atoms with van der Waals surface area (Å²) in [5.41, 5.74) is 0.377. The molecule has 27 heavy (non-hydrogen) atoms. The third kappa shape index (κ3) is 4.25. The van der Waals surface area contributed by atoms with Gasteiger partial charge in [-0.05, 0) is 37.4 Å². The summed E-state index contributed by atoms with van der Waals surface area (Å²) in [4.78, 5) is 15.3. The minimum absolute atomic E-state index is 0.000564. The van der Waals surface area contributed by atoms with Crippen molar-refractivity contribution in [3.8, 4) is 0 Å². The van der Waals surface area contributed by atoms with Crippen molar-refractivity contribution < 1.29 is 13.3 Å². The Morgan fingerprint density at radius 2 is 1.67 bits per heavy atom. The molecule has 2 aliphatic rings. The molecule has 0 bridgehead atoms. The first-order valence-corrected chi connectivity index (χ1v) is 10.8. The van der Waals surface area contributed by atoms with Gasteiger partial charge in [0.05, 0.1) is 9.82 Å². The van der Waals surface area contributed by atoms with Gasteiger partial charge in [0.25, 0.3) is 5.69 Å². The summed E-state index contributed by atoms with van der Waals surface area (Å²) in [6.07, 6.45) is 1.10. The van der Waals surface area contributed by atoms with Gasteiger partial charge in [0.15, 0.2) is 0 Å². The zero-order chi connectivity index (χ0) is 19.8. The number of nitro groups is 1. The fourth-order valence-electron chi connectivity index (χ4n) is 4.11. The number of nitrogens with zero attached hydrogens (tertiary/aromatic N) is 4. The number of nitro benzene ring substituents is 1. The fraction of sp³-hybridized carbons (Fsp3) is 0.667. The first-order valence-electron chi connectivity index (χ1n) is 9.40. The summed E-state index contributed by atoms with van der Waals surface area (Å²) in [5, 5.41) is 11.7. The summed E-state index contributed by atoms with van der Waals surface area (Å²) in [6.45, 7) is 7.88. The van der Waals surface area contributed by atoms with Gasteiger partial charge in [-0.2, -0.15) is 4.31 Å². The summed E-state index contributed by atoms with van der Waals surface area (Å²) in [5.74, 6) is 0.893. The molecule has 0 aromatic heterocycles. The summed E-state index contributed by atoms with van der Waals surface area (Å²) in [7, 11) is -1.78. The van der Waals surface area contributed by atoms with Crippen molar-refractivity contribution in [1.29, 1.82) is 0 Å². The smallest absolute Gasteiger partial charge is 0.293 e. The lowest BCUT2D eigenvalue weighted by Gasteiger charge is -2.36. The van der Waals surface area contributed by atoms with Crippen molar-refractivity contribution in [2.45, 2.75) is 25.2 Å². The van der Waals surface area contributed by atoms with Crippen LogP contribution < -0.4 is 4.90 Å². The van der Waals surface area contributed by atoms with Crippen LogP contribution in [0.25, 0.3) is 0 Å². The van der Waals surface area contributed by atoms with E-state index >= 15 is 0 Å². The van der Waals surface area contributed by atoms with E-state index in [-0.39, 0.29) is 10.6 Å².